The highest BCUT2D eigenvalue weighted by molar-refractivity contribution is 6.07. The van der Waals surface area contributed by atoms with Gasteiger partial charge in [-0.2, -0.15) is 0 Å². The summed E-state index contributed by atoms with van der Waals surface area (Å²) in [5.41, 5.74) is 5.04. The van der Waals surface area contributed by atoms with Crippen LogP contribution < -0.4 is 15.0 Å². The van der Waals surface area contributed by atoms with Gasteiger partial charge >= 0.3 is 0 Å². The van der Waals surface area contributed by atoms with Crippen molar-refractivity contribution in [3.05, 3.63) is 58.7 Å². The summed E-state index contributed by atoms with van der Waals surface area (Å²) in [6, 6.07) is 11.3. The molecule has 2 aromatic carbocycles. The first-order valence-electron chi connectivity index (χ1n) is 9.26. The summed E-state index contributed by atoms with van der Waals surface area (Å²) < 4.78 is 5.81. The Labute approximate surface area is 160 Å². The summed E-state index contributed by atoms with van der Waals surface area (Å²) in [4.78, 5) is 26.4. The van der Waals surface area contributed by atoms with Crippen LogP contribution in [-0.4, -0.2) is 25.0 Å². The van der Waals surface area contributed by atoms with Crippen LogP contribution in [0.4, 0.5) is 5.69 Å². The van der Waals surface area contributed by atoms with Crippen molar-refractivity contribution in [3.8, 4) is 5.75 Å². The van der Waals surface area contributed by atoms with Gasteiger partial charge < -0.3 is 15.0 Å². The third-order valence-electron chi connectivity index (χ3n) is 4.84. The van der Waals surface area contributed by atoms with E-state index >= 15 is 0 Å². The van der Waals surface area contributed by atoms with Gasteiger partial charge in [-0.15, -0.1) is 0 Å². The Morgan fingerprint density at radius 3 is 2.59 bits per heavy atom. The third kappa shape index (κ3) is 3.97. The molecule has 0 aliphatic carbocycles. The fraction of sp³-hybridized carbons (Fsp3) is 0.364. The zero-order chi connectivity index (χ0) is 19.6. The maximum Gasteiger partial charge on any atom is 0.254 e. The first-order chi connectivity index (χ1) is 12.9. The average molecular weight is 366 g/mol. The number of amides is 2. The van der Waals surface area contributed by atoms with E-state index in [-0.39, 0.29) is 11.8 Å². The zero-order valence-corrected chi connectivity index (χ0v) is 16.3. The summed E-state index contributed by atoms with van der Waals surface area (Å²) in [6.45, 7) is 8.52. The minimum absolute atomic E-state index is 0.0758. The Bertz CT molecular complexity index is 876. The molecule has 5 nitrogen and oxygen atoms in total. The molecule has 0 aromatic heterocycles. The molecule has 1 aliphatic heterocycles. The molecule has 0 radical (unpaired) electrons. The van der Waals surface area contributed by atoms with Gasteiger partial charge in [0.05, 0.1) is 12.3 Å². The molecule has 2 aromatic rings. The topological polar surface area (TPSA) is 58.6 Å². The molecule has 1 N–H and O–H groups in total. The number of anilines is 1. The number of nitrogens with zero attached hydrogens (tertiary/aromatic N) is 1. The molecular formula is C22H26N2O3. The van der Waals surface area contributed by atoms with E-state index in [1.54, 1.807) is 4.90 Å². The molecule has 142 valence electrons. The fourth-order valence-electron chi connectivity index (χ4n) is 3.61. The van der Waals surface area contributed by atoms with E-state index in [1.807, 2.05) is 57.2 Å². The Balaban J connectivity index is 1.73. The van der Waals surface area contributed by atoms with Gasteiger partial charge in [-0.25, -0.2) is 0 Å². The van der Waals surface area contributed by atoms with Gasteiger partial charge in [0, 0.05) is 19.0 Å². The minimum atomic E-state index is -0.602. The lowest BCUT2D eigenvalue weighted by Crippen LogP contribution is -2.37. The van der Waals surface area contributed by atoms with E-state index in [0.29, 0.717) is 19.6 Å². The van der Waals surface area contributed by atoms with Crippen molar-refractivity contribution >= 4 is 17.5 Å². The lowest BCUT2D eigenvalue weighted by Gasteiger charge is -2.20. The quantitative estimate of drug-likeness (QED) is 0.795. The van der Waals surface area contributed by atoms with Gasteiger partial charge in [0.2, 0.25) is 5.91 Å². The first-order valence-corrected chi connectivity index (χ1v) is 9.26. The Morgan fingerprint density at radius 1 is 1.15 bits per heavy atom. The van der Waals surface area contributed by atoms with E-state index in [1.165, 1.54) is 6.92 Å². The van der Waals surface area contributed by atoms with Gasteiger partial charge in [0.15, 0.2) is 0 Å². The highest BCUT2D eigenvalue weighted by Gasteiger charge is 2.39. The normalized spacial score (nSPS) is 15.6. The maximum absolute atomic E-state index is 13.0. The zero-order valence-electron chi connectivity index (χ0n) is 16.3. The summed E-state index contributed by atoms with van der Waals surface area (Å²) >= 11 is 0. The fourth-order valence-corrected chi connectivity index (χ4v) is 3.61. The van der Waals surface area contributed by atoms with Crippen molar-refractivity contribution in [2.75, 3.05) is 18.1 Å². The number of ether oxygens (including phenoxy) is 1. The largest absolute Gasteiger partial charge is 0.494 e. The lowest BCUT2D eigenvalue weighted by molar-refractivity contribution is -0.126. The monoisotopic (exact) mass is 366 g/mol. The van der Waals surface area contributed by atoms with E-state index < -0.39 is 6.04 Å². The third-order valence-corrected chi connectivity index (χ3v) is 4.84. The summed E-state index contributed by atoms with van der Waals surface area (Å²) in [6.07, 6.45) is 0.708. The van der Waals surface area contributed by atoms with Crippen LogP contribution in [0.5, 0.6) is 5.75 Å². The van der Waals surface area contributed by atoms with Gasteiger partial charge in [-0.3, -0.25) is 9.59 Å². The number of carbonyl (C=O) groups excluding carboxylic acids is 2. The number of hydrogen-bond acceptors (Lipinski definition) is 3. The number of nitrogens with one attached hydrogen (secondary N) is 1. The Kier molecular flexibility index (Phi) is 5.49. The van der Waals surface area contributed by atoms with Gasteiger partial charge in [0.1, 0.15) is 11.8 Å². The standard InChI is InChI=1S/C22H26N2O3/c1-14-7-5-8-18(13-14)27-12-6-11-24-21-16(3)10-9-15(2)19(21)20(22(24)26)23-17(4)25/h5,7-10,13,20H,6,11-12H2,1-4H3,(H,23,25)/t20-/m1/s1. The number of carbonyl (C=O) groups is 2. The van der Waals surface area contributed by atoms with E-state index in [2.05, 4.69) is 5.32 Å². The predicted octanol–water partition coefficient (Wildman–Crippen LogP) is 3.60. The second-order valence-electron chi connectivity index (χ2n) is 7.10. The van der Waals surface area contributed by atoms with Gasteiger partial charge in [-0.1, -0.05) is 24.3 Å². The highest BCUT2D eigenvalue weighted by Crippen LogP contribution is 2.40. The van der Waals surface area contributed by atoms with Crippen LogP contribution in [0.2, 0.25) is 0 Å². The highest BCUT2D eigenvalue weighted by atomic mass is 16.5. The average Bonchev–Trinajstić information content (AvgIpc) is 2.88. The molecule has 0 saturated heterocycles. The minimum Gasteiger partial charge on any atom is -0.494 e. The van der Waals surface area contributed by atoms with Gasteiger partial charge in [0.25, 0.3) is 5.91 Å². The van der Waals surface area contributed by atoms with Crippen LogP contribution >= 0.6 is 0 Å². The molecule has 2 amide bonds. The first kappa shape index (κ1) is 19.0. The van der Waals surface area contributed by atoms with Gasteiger partial charge in [-0.05, 0) is 56.0 Å². The second kappa shape index (κ2) is 7.82. The number of hydrogen-bond donors (Lipinski definition) is 1. The molecule has 1 atom stereocenters. The number of benzene rings is 2. The van der Waals surface area contributed by atoms with Crippen LogP contribution in [-0.2, 0) is 9.59 Å². The van der Waals surface area contributed by atoms with Crippen LogP contribution in [0, 0.1) is 20.8 Å². The van der Waals surface area contributed by atoms with E-state index in [9.17, 15) is 9.59 Å². The van der Waals surface area contributed by atoms with Crippen LogP contribution in [0.1, 0.15) is 41.6 Å². The Hall–Kier alpha value is -2.82. The number of rotatable bonds is 6. The van der Waals surface area contributed by atoms with Crippen molar-refractivity contribution in [1.82, 2.24) is 5.32 Å². The molecule has 0 spiro atoms. The van der Waals surface area contributed by atoms with Crippen LogP contribution in [0.3, 0.4) is 0 Å². The molecule has 1 aliphatic rings. The maximum atomic E-state index is 13.0. The molecule has 0 bridgehead atoms. The summed E-state index contributed by atoms with van der Waals surface area (Å²) in [7, 11) is 0. The smallest absolute Gasteiger partial charge is 0.254 e. The molecule has 1 heterocycles. The molecular weight excluding hydrogens is 340 g/mol. The summed E-state index contributed by atoms with van der Waals surface area (Å²) in [5, 5.41) is 2.81. The van der Waals surface area contributed by atoms with E-state index in [4.69, 9.17) is 4.74 Å². The molecule has 3 rings (SSSR count). The Morgan fingerprint density at radius 2 is 1.89 bits per heavy atom. The van der Waals surface area contributed by atoms with Crippen molar-refractivity contribution < 1.29 is 14.3 Å². The lowest BCUT2D eigenvalue weighted by atomic mass is 9.99. The van der Waals surface area contributed by atoms with Crippen molar-refractivity contribution in [3.63, 3.8) is 0 Å². The second-order valence-corrected chi connectivity index (χ2v) is 7.10. The number of aryl methyl sites for hydroxylation is 3. The van der Waals surface area contributed by atoms with E-state index in [0.717, 1.165) is 33.7 Å². The van der Waals surface area contributed by atoms with Crippen LogP contribution in [0.25, 0.3) is 0 Å². The van der Waals surface area contributed by atoms with Crippen molar-refractivity contribution in [1.29, 1.82) is 0 Å². The van der Waals surface area contributed by atoms with Crippen molar-refractivity contribution in [2.24, 2.45) is 0 Å². The number of fused-ring (bicyclic) bond motifs is 1. The summed E-state index contributed by atoms with van der Waals surface area (Å²) in [5.74, 6) is 0.560. The predicted molar refractivity (Wildman–Crippen MR) is 106 cm³/mol. The molecule has 0 saturated carbocycles. The molecule has 0 fully saturated rings. The molecule has 27 heavy (non-hydrogen) atoms. The SMILES string of the molecule is CC(=O)N[C@H]1C(=O)N(CCCOc2cccc(C)c2)c2c(C)ccc(C)c21. The molecule has 5 heteroatoms. The molecule has 0 unspecified atom stereocenters. The van der Waals surface area contributed by atoms with Crippen molar-refractivity contribution in [2.45, 2.75) is 40.2 Å². The van der Waals surface area contributed by atoms with Crippen LogP contribution in [0.15, 0.2) is 36.4 Å².